The van der Waals surface area contributed by atoms with Gasteiger partial charge in [0.05, 0.1) is 23.5 Å². The van der Waals surface area contributed by atoms with Crippen molar-refractivity contribution in [1.82, 2.24) is 10.2 Å². The number of urea groups is 1. The lowest BCUT2D eigenvalue weighted by molar-refractivity contribution is 0.0815. The number of piperidine rings is 1. The first-order valence-electron chi connectivity index (χ1n) is 10.1. The average Bonchev–Trinajstić information content (AvgIpc) is 2.74. The molecule has 1 saturated heterocycles. The van der Waals surface area contributed by atoms with Gasteiger partial charge in [-0.3, -0.25) is 4.79 Å². The van der Waals surface area contributed by atoms with E-state index in [1.165, 1.54) is 0 Å². The van der Waals surface area contributed by atoms with Crippen LogP contribution >= 0.6 is 11.6 Å². The zero-order valence-electron chi connectivity index (χ0n) is 17.1. The molecule has 0 saturated carbocycles. The standard InChI is InChI=1S/C22H25ClN4O3/c1-3-30-19-7-5-4-6-17(19)24-21(29)27-12-10-22(11-13-27)25-20(28)16-14-15(23)8-9-18(16)26(22)2/h4-9,14H,3,10-13H2,1-2H3,(H,24,29)(H,25,28). The second-order valence-corrected chi connectivity index (χ2v) is 7.99. The van der Waals surface area contributed by atoms with Crippen LogP contribution in [0.5, 0.6) is 5.75 Å². The largest absolute Gasteiger partial charge is 0.492 e. The summed E-state index contributed by atoms with van der Waals surface area (Å²) in [4.78, 5) is 29.4. The minimum Gasteiger partial charge on any atom is -0.492 e. The molecule has 2 heterocycles. The van der Waals surface area contributed by atoms with Gasteiger partial charge in [-0.05, 0) is 37.3 Å². The van der Waals surface area contributed by atoms with Crippen molar-refractivity contribution in [2.24, 2.45) is 0 Å². The molecule has 2 aromatic carbocycles. The molecule has 1 fully saturated rings. The van der Waals surface area contributed by atoms with Crippen LogP contribution in [-0.2, 0) is 0 Å². The molecular weight excluding hydrogens is 404 g/mol. The molecule has 2 N–H and O–H groups in total. The van der Waals surface area contributed by atoms with E-state index < -0.39 is 5.66 Å². The number of benzene rings is 2. The van der Waals surface area contributed by atoms with E-state index in [1.807, 2.05) is 44.3 Å². The molecule has 2 aliphatic heterocycles. The summed E-state index contributed by atoms with van der Waals surface area (Å²) in [7, 11) is 1.97. The fraction of sp³-hybridized carbons (Fsp3) is 0.364. The monoisotopic (exact) mass is 428 g/mol. The average molecular weight is 429 g/mol. The number of hydrogen-bond acceptors (Lipinski definition) is 4. The molecule has 4 rings (SSSR count). The summed E-state index contributed by atoms with van der Waals surface area (Å²) in [6.45, 7) is 3.48. The Hall–Kier alpha value is -2.93. The van der Waals surface area contributed by atoms with E-state index in [4.69, 9.17) is 16.3 Å². The maximum atomic E-state index is 12.8. The first kappa shape index (κ1) is 20.3. The Morgan fingerprint density at radius 3 is 2.70 bits per heavy atom. The summed E-state index contributed by atoms with van der Waals surface area (Å²) in [5.74, 6) is 0.519. The van der Waals surface area contributed by atoms with Gasteiger partial charge in [0.25, 0.3) is 5.91 Å². The molecule has 0 radical (unpaired) electrons. The molecule has 30 heavy (non-hydrogen) atoms. The van der Waals surface area contributed by atoms with Crippen LogP contribution in [0.15, 0.2) is 42.5 Å². The third-order valence-electron chi connectivity index (χ3n) is 5.86. The van der Waals surface area contributed by atoms with E-state index in [9.17, 15) is 9.59 Å². The predicted octanol–water partition coefficient (Wildman–Crippen LogP) is 3.94. The Balaban J connectivity index is 1.45. The Bertz CT molecular complexity index is 973. The minimum absolute atomic E-state index is 0.130. The summed E-state index contributed by atoms with van der Waals surface area (Å²) >= 11 is 6.06. The number of hydrogen-bond donors (Lipinski definition) is 2. The maximum absolute atomic E-state index is 12.8. The molecule has 0 bridgehead atoms. The molecule has 158 valence electrons. The van der Waals surface area contributed by atoms with Crippen LogP contribution in [0, 0.1) is 0 Å². The van der Waals surface area contributed by atoms with Gasteiger partial charge >= 0.3 is 6.03 Å². The number of fused-ring (bicyclic) bond motifs is 1. The Morgan fingerprint density at radius 2 is 1.97 bits per heavy atom. The lowest BCUT2D eigenvalue weighted by Crippen LogP contribution is -2.67. The number of likely N-dealkylation sites (tertiary alicyclic amines) is 1. The van der Waals surface area contributed by atoms with E-state index in [2.05, 4.69) is 15.5 Å². The summed E-state index contributed by atoms with van der Waals surface area (Å²) in [6, 6.07) is 12.6. The van der Waals surface area contributed by atoms with Crippen molar-refractivity contribution in [1.29, 1.82) is 0 Å². The van der Waals surface area contributed by atoms with Gasteiger partial charge in [-0.25, -0.2) is 4.79 Å². The number of nitrogens with one attached hydrogen (secondary N) is 2. The third-order valence-corrected chi connectivity index (χ3v) is 6.09. The van der Waals surface area contributed by atoms with Gasteiger partial charge in [0.1, 0.15) is 11.4 Å². The number of carbonyl (C=O) groups excluding carboxylic acids is 2. The van der Waals surface area contributed by atoms with Crippen molar-refractivity contribution in [3.63, 3.8) is 0 Å². The zero-order chi connectivity index (χ0) is 21.3. The number of ether oxygens (including phenoxy) is 1. The molecular formula is C22H25ClN4O3. The van der Waals surface area contributed by atoms with Gasteiger partial charge in [0, 0.05) is 38.0 Å². The van der Waals surface area contributed by atoms with Crippen LogP contribution < -0.4 is 20.3 Å². The summed E-state index contributed by atoms with van der Waals surface area (Å²) in [6.07, 6.45) is 1.25. The third kappa shape index (κ3) is 3.65. The van der Waals surface area contributed by atoms with Crippen LogP contribution in [0.25, 0.3) is 0 Å². The lowest BCUT2D eigenvalue weighted by atomic mass is 9.90. The highest BCUT2D eigenvalue weighted by Crippen LogP contribution is 2.37. The van der Waals surface area contributed by atoms with Gasteiger partial charge in [-0.2, -0.15) is 0 Å². The molecule has 7 nitrogen and oxygen atoms in total. The van der Waals surface area contributed by atoms with Gasteiger partial charge in [0.15, 0.2) is 0 Å². The van der Waals surface area contributed by atoms with Gasteiger partial charge in [-0.1, -0.05) is 23.7 Å². The van der Waals surface area contributed by atoms with Crippen molar-refractivity contribution in [2.75, 3.05) is 37.0 Å². The van der Waals surface area contributed by atoms with E-state index in [0.717, 1.165) is 5.69 Å². The highest BCUT2D eigenvalue weighted by Gasteiger charge is 2.44. The highest BCUT2D eigenvalue weighted by molar-refractivity contribution is 6.31. The van der Waals surface area contributed by atoms with Gasteiger partial charge < -0.3 is 25.2 Å². The Kier molecular flexibility index (Phi) is 5.47. The molecule has 1 spiro atoms. The fourth-order valence-electron chi connectivity index (χ4n) is 4.16. The van der Waals surface area contributed by atoms with Crippen molar-refractivity contribution in [3.8, 4) is 5.75 Å². The molecule has 2 aromatic rings. The first-order chi connectivity index (χ1) is 14.4. The van der Waals surface area contributed by atoms with Crippen LogP contribution in [-0.4, -0.2) is 49.2 Å². The van der Waals surface area contributed by atoms with Crippen molar-refractivity contribution < 1.29 is 14.3 Å². The summed E-state index contributed by atoms with van der Waals surface area (Å²) < 4.78 is 5.59. The zero-order valence-corrected chi connectivity index (χ0v) is 17.8. The van der Waals surface area contributed by atoms with E-state index in [-0.39, 0.29) is 11.9 Å². The topological polar surface area (TPSA) is 73.9 Å². The van der Waals surface area contributed by atoms with Gasteiger partial charge in [0.2, 0.25) is 0 Å². The quantitative estimate of drug-likeness (QED) is 0.776. The molecule has 0 unspecified atom stereocenters. The highest BCUT2D eigenvalue weighted by atomic mass is 35.5. The predicted molar refractivity (Wildman–Crippen MR) is 117 cm³/mol. The number of anilines is 2. The molecule has 8 heteroatoms. The number of nitrogens with zero attached hydrogens (tertiary/aromatic N) is 2. The number of carbonyl (C=O) groups is 2. The minimum atomic E-state index is -0.516. The number of rotatable bonds is 3. The van der Waals surface area contributed by atoms with Crippen molar-refractivity contribution in [2.45, 2.75) is 25.4 Å². The Labute approximate surface area is 180 Å². The smallest absolute Gasteiger partial charge is 0.321 e. The second-order valence-electron chi connectivity index (χ2n) is 7.55. The Morgan fingerprint density at radius 1 is 1.23 bits per heavy atom. The summed E-state index contributed by atoms with van der Waals surface area (Å²) in [5, 5.41) is 6.63. The fourth-order valence-corrected chi connectivity index (χ4v) is 4.33. The second kappa shape index (κ2) is 8.07. The van der Waals surface area contributed by atoms with Crippen LogP contribution in [0.4, 0.5) is 16.2 Å². The van der Waals surface area contributed by atoms with E-state index in [1.54, 1.807) is 17.0 Å². The summed E-state index contributed by atoms with van der Waals surface area (Å²) in [5.41, 5.74) is 1.56. The number of amides is 3. The molecule has 0 aliphatic carbocycles. The number of para-hydroxylation sites is 2. The van der Waals surface area contributed by atoms with Crippen molar-refractivity contribution >= 4 is 34.9 Å². The van der Waals surface area contributed by atoms with E-state index in [0.29, 0.717) is 54.6 Å². The lowest BCUT2D eigenvalue weighted by Gasteiger charge is -2.51. The normalized spacial score (nSPS) is 17.4. The molecule has 2 aliphatic rings. The number of halogens is 1. The van der Waals surface area contributed by atoms with Gasteiger partial charge in [-0.15, -0.1) is 0 Å². The molecule has 0 atom stereocenters. The maximum Gasteiger partial charge on any atom is 0.321 e. The van der Waals surface area contributed by atoms with Crippen molar-refractivity contribution in [3.05, 3.63) is 53.1 Å². The van der Waals surface area contributed by atoms with E-state index >= 15 is 0 Å². The van der Waals surface area contributed by atoms with Crippen LogP contribution in [0.3, 0.4) is 0 Å². The SMILES string of the molecule is CCOc1ccccc1NC(=O)N1CCC2(CC1)NC(=O)c1cc(Cl)ccc1N2C. The van der Waals surface area contributed by atoms with Crippen LogP contribution in [0.2, 0.25) is 5.02 Å². The van der Waals surface area contributed by atoms with Crippen LogP contribution in [0.1, 0.15) is 30.1 Å². The first-order valence-corrected chi connectivity index (χ1v) is 10.4. The molecule has 3 amide bonds. The molecule has 0 aromatic heterocycles.